The Bertz CT molecular complexity index is 1040. The molecule has 0 spiro atoms. The maximum absolute atomic E-state index is 12.9. The second kappa shape index (κ2) is 8.83. The number of amides is 1. The van der Waals surface area contributed by atoms with Gasteiger partial charge in [-0.1, -0.05) is 24.9 Å². The summed E-state index contributed by atoms with van der Waals surface area (Å²) in [5.41, 5.74) is 2.24. The molecule has 10 heteroatoms. The van der Waals surface area contributed by atoms with Crippen LogP contribution in [-0.2, 0) is 20.0 Å². The van der Waals surface area contributed by atoms with Crippen molar-refractivity contribution in [3.8, 4) is 5.95 Å². The van der Waals surface area contributed by atoms with Crippen LogP contribution in [0.2, 0.25) is 5.02 Å². The van der Waals surface area contributed by atoms with E-state index in [0.29, 0.717) is 41.4 Å². The van der Waals surface area contributed by atoms with Crippen LogP contribution in [-0.4, -0.2) is 41.2 Å². The molecule has 0 unspecified atom stereocenters. The normalized spacial score (nSPS) is 13.4. The van der Waals surface area contributed by atoms with Crippen molar-refractivity contribution in [2.75, 3.05) is 5.32 Å². The average Bonchev–Trinajstić information content (AvgIpc) is 3.30. The van der Waals surface area contributed by atoms with Gasteiger partial charge in [0, 0.05) is 19.3 Å². The number of nitrogens with one attached hydrogen (secondary N) is 2. The SMILES string of the molecule is CCCCc1c(C(=O)NCc2cncn2C)cnn1-c1ncc(Cl)c(NC2CC2)n1. The molecule has 1 fully saturated rings. The van der Waals surface area contributed by atoms with Gasteiger partial charge in [-0.15, -0.1) is 0 Å². The van der Waals surface area contributed by atoms with Crippen molar-refractivity contribution in [1.82, 2.24) is 34.6 Å². The van der Waals surface area contributed by atoms with Crippen LogP contribution >= 0.6 is 11.6 Å². The van der Waals surface area contributed by atoms with Crippen molar-refractivity contribution in [2.24, 2.45) is 7.05 Å². The van der Waals surface area contributed by atoms with Crippen molar-refractivity contribution >= 4 is 23.3 Å². The van der Waals surface area contributed by atoms with Gasteiger partial charge in [0.2, 0.25) is 0 Å². The highest BCUT2D eigenvalue weighted by molar-refractivity contribution is 6.32. The van der Waals surface area contributed by atoms with E-state index in [2.05, 4.69) is 37.6 Å². The van der Waals surface area contributed by atoms with Gasteiger partial charge in [-0.25, -0.2) is 14.6 Å². The van der Waals surface area contributed by atoms with Crippen LogP contribution in [0.1, 0.15) is 54.4 Å². The zero-order valence-electron chi connectivity index (χ0n) is 17.1. The van der Waals surface area contributed by atoms with E-state index in [1.165, 1.54) is 0 Å². The van der Waals surface area contributed by atoms with Crippen molar-refractivity contribution < 1.29 is 4.79 Å². The first-order valence-corrected chi connectivity index (χ1v) is 10.5. The number of halogens is 1. The van der Waals surface area contributed by atoms with Gasteiger partial charge in [0.1, 0.15) is 5.02 Å². The Morgan fingerprint density at radius 3 is 2.83 bits per heavy atom. The van der Waals surface area contributed by atoms with E-state index in [1.807, 2.05) is 11.6 Å². The number of unbranched alkanes of at least 4 members (excludes halogenated alkanes) is 1. The maximum atomic E-state index is 12.9. The predicted molar refractivity (Wildman–Crippen MR) is 114 cm³/mol. The Balaban J connectivity index is 1.60. The number of carbonyl (C=O) groups is 1. The molecule has 9 nitrogen and oxygen atoms in total. The summed E-state index contributed by atoms with van der Waals surface area (Å²) >= 11 is 6.25. The Morgan fingerprint density at radius 1 is 1.30 bits per heavy atom. The fraction of sp³-hybridized carbons (Fsp3) is 0.450. The summed E-state index contributed by atoms with van der Waals surface area (Å²) < 4.78 is 3.51. The van der Waals surface area contributed by atoms with E-state index in [0.717, 1.165) is 37.1 Å². The topological polar surface area (TPSA) is 103 Å². The highest BCUT2D eigenvalue weighted by Crippen LogP contribution is 2.28. The van der Waals surface area contributed by atoms with Gasteiger partial charge in [-0.2, -0.15) is 10.1 Å². The third-order valence-electron chi connectivity index (χ3n) is 5.07. The van der Waals surface area contributed by atoms with Gasteiger partial charge in [0.15, 0.2) is 5.82 Å². The van der Waals surface area contributed by atoms with Gasteiger partial charge < -0.3 is 15.2 Å². The first-order chi connectivity index (χ1) is 14.6. The zero-order chi connectivity index (χ0) is 21.1. The lowest BCUT2D eigenvalue weighted by atomic mass is 10.1. The molecular weight excluding hydrogens is 404 g/mol. The van der Waals surface area contributed by atoms with E-state index < -0.39 is 0 Å². The van der Waals surface area contributed by atoms with Crippen molar-refractivity contribution in [1.29, 1.82) is 0 Å². The van der Waals surface area contributed by atoms with E-state index >= 15 is 0 Å². The third-order valence-corrected chi connectivity index (χ3v) is 5.34. The molecule has 4 rings (SSSR count). The fourth-order valence-electron chi connectivity index (χ4n) is 3.12. The van der Waals surface area contributed by atoms with Crippen LogP contribution < -0.4 is 10.6 Å². The molecule has 3 aromatic rings. The molecule has 158 valence electrons. The molecule has 0 aliphatic heterocycles. The Hall–Kier alpha value is -2.94. The smallest absolute Gasteiger partial charge is 0.255 e. The molecule has 30 heavy (non-hydrogen) atoms. The van der Waals surface area contributed by atoms with Crippen LogP contribution in [0.5, 0.6) is 0 Å². The van der Waals surface area contributed by atoms with Crippen LogP contribution in [0.4, 0.5) is 5.82 Å². The van der Waals surface area contributed by atoms with E-state index in [1.54, 1.807) is 29.6 Å². The highest BCUT2D eigenvalue weighted by Gasteiger charge is 2.24. The lowest BCUT2D eigenvalue weighted by molar-refractivity contribution is 0.0949. The molecule has 0 radical (unpaired) electrons. The quantitative estimate of drug-likeness (QED) is 0.543. The van der Waals surface area contributed by atoms with E-state index in [4.69, 9.17) is 11.6 Å². The summed E-state index contributed by atoms with van der Waals surface area (Å²) in [6.45, 7) is 2.50. The van der Waals surface area contributed by atoms with Gasteiger partial charge in [-0.05, 0) is 25.7 Å². The van der Waals surface area contributed by atoms with Gasteiger partial charge >= 0.3 is 0 Å². The van der Waals surface area contributed by atoms with Crippen molar-refractivity contribution in [2.45, 2.75) is 51.6 Å². The summed E-state index contributed by atoms with van der Waals surface area (Å²) in [7, 11) is 1.89. The predicted octanol–water partition coefficient (Wildman–Crippen LogP) is 2.90. The number of anilines is 1. The minimum atomic E-state index is -0.182. The number of aryl methyl sites for hydroxylation is 1. The number of aromatic nitrogens is 6. The molecular formula is C20H25ClN8O. The van der Waals surface area contributed by atoms with Crippen LogP contribution in [0.25, 0.3) is 5.95 Å². The first-order valence-electron chi connectivity index (χ1n) is 10.2. The molecule has 0 saturated heterocycles. The summed E-state index contributed by atoms with van der Waals surface area (Å²) in [4.78, 5) is 25.9. The third kappa shape index (κ3) is 4.46. The van der Waals surface area contributed by atoms with Gasteiger partial charge in [-0.3, -0.25) is 4.79 Å². The maximum Gasteiger partial charge on any atom is 0.255 e. The van der Waals surface area contributed by atoms with Gasteiger partial charge in [0.25, 0.3) is 11.9 Å². The molecule has 1 amide bonds. The second-order valence-electron chi connectivity index (χ2n) is 7.48. The summed E-state index contributed by atoms with van der Waals surface area (Å²) in [5.74, 6) is 0.821. The minimum absolute atomic E-state index is 0.182. The Labute approximate surface area is 179 Å². The molecule has 1 aliphatic rings. The van der Waals surface area contributed by atoms with E-state index in [9.17, 15) is 4.79 Å². The standard InChI is InChI=1S/C20H25ClN8O/c1-3-4-5-17-15(19(30)23-9-14-8-22-12-28(14)2)10-25-29(17)20-24-11-16(21)18(27-20)26-13-6-7-13/h8,10-13H,3-7,9H2,1-2H3,(H,23,30)(H,24,26,27). The highest BCUT2D eigenvalue weighted by atomic mass is 35.5. The summed E-state index contributed by atoms with van der Waals surface area (Å²) in [6.07, 6.45) is 11.4. The number of rotatable bonds is 9. The molecule has 0 atom stereocenters. The van der Waals surface area contributed by atoms with Crippen molar-refractivity contribution in [3.05, 3.63) is 46.9 Å². The minimum Gasteiger partial charge on any atom is -0.366 e. The molecule has 2 N–H and O–H groups in total. The number of carbonyl (C=O) groups excluding carboxylic acids is 1. The average molecular weight is 429 g/mol. The lowest BCUT2D eigenvalue weighted by Crippen LogP contribution is -2.25. The largest absolute Gasteiger partial charge is 0.366 e. The molecule has 3 heterocycles. The molecule has 3 aromatic heterocycles. The Morgan fingerprint density at radius 2 is 2.13 bits per heavy atom. The second-order valence-corrected chi connectivity index (χ2v) is 7.89. The molecule has 0 aromatic carbocycles. The fourth-order valence-corrected chi connectivity index (χ4v) is 3.27. The van der Waals surface area contributed by atoms with E-state index in [-0.39, 0.29) is 5.91 Å². The monoisotopic (exact) mass is 428 g/mol. The number of imidazole rings is 1. The molecule has 1 aliphatic carbocycles. The number of hydrogen-bond donors (Lipinski definition) is 2. The zero-order valence-corrected chi connectivity index (χ0v) is 17.9. The van der Waals surface area contributed by atoms with Gasteiger partial charge in [0.05, 0.1) is 42.2 Å². The van der Waals surface area contributed by atoms with Crippen LogP contribution in [0, 0.1) is 0 Å². The summed E-state index contributed by atoms with van der Waals surface area (Å²) in [5, 5.41) is 11.2. The molecule has 1 saturated carbocycles. The van der Waals surface area contributed by atoms with Crippen molar-refractivity contribution in [3.63, 3.8) is 0 Å². The number of nitrogens with zero attached hydrogens (tertiary/aromatic N) is 6. The molecule has 0 bridgehead atoms. The number of hydrogen-bond acceptors (Lipinski definition) is 6. The first kappa shape index (κ1) is 20.3. The van der Waals surface area contributed by atoms with Crippen LogP contribution in [0.15, 0.2) is 24.9 Å². The Kier molecular flexibility index (Phi) is 5.98. The van der Waals surface area contributed by atoms with Crippen LogP contribution in [0.3, 0.4) is 0 Å². The summed E-state index contributed by atoms with van der Waals surface area (Å²) in [6, 6.07) is 0.413. The lowest BCUT2D eigenvalue weighted by Gasteiger charge is -2.11.